The van der Waals surface area contributed by atoms with Crippen LogP contribution in [0, 0.1) is 5.82 Å². The molecule has 0 aromatic heterocycles. The van der Waals surface area contributed by atoms with E-state index in [1.807, 2.05) is 6.92 Å². The molecule has 0 aliphatic carbocycles. The fourth-order valence-corrected chi connectivity index (χ4v) is 2.67. The molecule has 0 spiro atoms. The number of hydrogen-bond donors (Lipinski definition) is 0. The molecule has 3 nitrogen and oxygen atoms in total. The first-order valence-corrected chi connectivity index (χ1v) is 6.64. The van der Waals surface area contributed by atoms with E-state index >= 15 is 0 Å². The van der Waals surface area contributed by atoms with Gasteiger partial charge in [-0.3, -0.25) is 0 Å². The zero-order chi connectivity index (χ0) is 14.1. The molecule has 4 heteroatoms. The molecule has 1 heterocycles. The number of hydrogen-bond acceptors (Lipinski definition) is 3. The Kier molecular flexibility index (Phi) is 3.63. The number of carbonyl (C=O) groups is 1. The fourth-order valence-electron chi connectivity index (χ4n) is 2.67. The number of epoxide rings is 1. The zero-order valence-electron chi connectivity index (χ0n) is 11.5. The molecule has 1 aliphatic rings. The molecule has 0 bridgehead atoms. The van der Waals surface area contributed by atoms with Crippen LogP contribution in [0.3, 0.4) is 0 Å². The second kappa shape index (κ2) is 4.93. The minimum Gasteiger partial charge on any atom is -0.464 e. The standard InChI is InChI=1S/C15H19FO3/c1-4-10-15(13(17)18-5-2)14(3,19-15)11-8-6-7-9-12(11)16/h6-9H,4-5,10H2,1-3H3. The van der Waals surface area contributed by atoms with E-state index in [2.05, 4.69) is 0 Å². The first-order chi connectivity index (χ1) is 9.02. The topological polar surface area (TPSA) is 38.8 Å². The minimum atomic E-state index is -1.04. The Hall–Kier alpha value is -1.42. The smallest absolute Gasteiger partial charge is 0.341 e. The quantitative estimate of drug-likeness (QED) is 0.607. The highest BCUT2D eigenvalue weighted by molar-refractivity contribution is 5.85. The first-order valence-electron chi connectivity index (χ1n) is 6.64. The van der Waals surface area contributed by atoms with Crippen molar-refractivity contribution in [2.75, 3.05) is 6.61 Å². The van der Waals surface area contributed by atoms with Crippen molar-refractivity contribution >= 4 is 5.97 Å². The summed E-state index contributed by atoms with van der Waals surface area (Å²) in [6.45, 7) is 5.75. The Balaban J connectivity index is 2.36. The predicted octanol–water partition coefficient (Wildman–Crippen LogP) is 3.17. The molecule has 0 amide bonds. The molecule has 0 saturated carbocycles. The van der Waals surface area contributed by atoms with Gasteiger partial charge in [-0.05, 0) is 26.3 Å². The van der Waals surface area contributed by atoms with Gasteiger partial charge in [0.15, 0.2) is 5.60 Å². The summed E-state index contributed by atoms with van der Waals surface area (Å²) >= 11 is 0. The normalized spacial score (nSPS) is 29.1. The van der Waals surface area contributed by atoms with Gasteiger partial charge in [-0.1, -0.05) is 31.5 Å². The molecule has 0 radical (unpaired) electrons. The van der Waals surface area contributed by atoms with Crippen molar-refractivity contribution in [1.29, 1.82) is 0 Å². The highest BCUT2D eigenvalue weighted by Crippen LogP contribution is 2.59. The van der Waals surface area contributed by atoms with Crippen LogP contribution in [0.4, 0.5) is 4.39 Å². The average Bonchev–Trinajstić information content (AvgIpc) is 2.98. The Morgan fingerprint density at radius 2 is 2.05 bits per heavy atom. The van der Waals surface area contributed by atoms with Crippen LogP contribution in [-0.2, 0) is 19.9 Å². The average molecular weight is 266 g/mol. The SMILES string of the molecule is CCCC1(C(=O)OCC)OC1(C)c1ccccc1F. The summed E-state index contributed by atoms with van der Waals surface area (Å²) in [5.74, 6) is -0.755. The van der Waals surface area contributed by atoms with E-state index in [-0.39, 0.29) is 5.82 Å². The molecule has 1 aliphatic heterocycles. The monoisotopic (exact) mass is 266 g/mol. The van der Waals surface area contributed by atoms with Gasteiger partial charge in [-0.15, -0.1) is 0 Å². The van der Waals surface area contributed by atoms with Crippen molar-refractivity contribution in [3.8, 4) is 0 Å². The Labute approximate surface area is 112 Å². The van der Waals surface area contributed by atoms with Crippen LogP contribution in [-0.4, -0.2) is 18.2 Å². The van der Waals surface area contributed by atoms with Gasteiger partial charge < -0.3 is 9.47 Å². The van der Waals surface area contributed by atoms with Gasteiger partial charge >= 0.3 is 5.97 Å². The van der Waals surface area contributed by atoms with Crippen LogP contribution in [0.1, 0.15) is 39.2 Å². The van der Waals surface area contributed by atoms with Gasteiger partial charge in [-0.2, -0.15) is 0 Å². The number of rotatable bonds is 5. The molecule has 2 atom stereocenters. The molecule has 19 heavy (non-hydrogen) atoms. The van der Waals surface area contributed by atoms with Crippen molar-refractivity contribution in [1.82, 2.24) is 0 Å². The Morgan fingerprint density at radius 3 is 2.63 bits per heavy atom. The van der Waals surface area contributed by atoms with E-state index < -0.39 is 17.2 Å². The van der Waals surface area contributed by atoms with Gasteiger partial charge in [0.2, 0.25) is 0 Å². The lowest BCUT2D eigenvalue weighted by molar-refractivity contribution is -0.149. The molecule has 104 valence electrons. The van der Waals surface area contributed by atoms with Crippen LogP contribution < -0.4 is 0 Å². The maximum atomic E-state index is 13.9. The third kappa shape index (κ3) is 2.04. The van der Waals surface area contributed by atoms with Crippen LogP contribution in [0.5, 0.6) is 0 Å². The van der Waals surface area contributed by atoms with E-state index in [0.29, 0.717) is 18.6 Å². The number of benzene rings is 1. The molecule has 1 aromatic rings. The van der Waals surface area contributed by atoms with E-state index in [1.54, 1.807) is 32.0 Å². The van der Waals surface area contributed by atoms with Crippen molar-refractivity contribution in [2.45, 2.75) is 44.8 Å². The largest absolute Gasteiger partial charge is 0.464 e. The van der Waals surface area contributed by atoms with Crippen LogP contribution >= 0.6 is 0 Å². The molecule has 0 N–H and O–H groups in total. The summed E-state index contributed by atoms with van der Waals surface area (Å²) in [4.78, 5) is 12.1. The van der Waals surface area contributed by atoms with Crippen LogP contribution in [0.15, 0.2) is 24.3 Å². The van der Waals surface area contributed by atoms with Gasteiger partial charge in [-0.25, -0.2) is 9.18 Å². The van der Waals surface area contributed by atoms with E-state index in [4.69, 9.17) is 9.47 Å². The lowest BCUT2D eigenvalue weighted by Crippen LogP contribution is -2.33. The molecular formula is C15H19FO3. The van der Waals surface area contributed by atoms with E-state index in [0.717, 1.165) is 6.42 Å². The third-order valence-electron chi connectivity index (χ3n) is 3.70. The second-order valence-corrected chi connectivity index (χ2v) is 4.91. The lowest BCUT2D eigenvalue weighted by Gasteiger charge is -2.16. The highest BCUT2D eigenvalue weighted by Gasteiger charge is 2.73. The third-order valence-corrected chi connectivity index (χ3v) is 3.70. The summed E-state index contributed by atoms with van der Waals surface area (Å²) in [6.07, 6.45) is 1.29. The molecule has 1 saturated heterocycles. The van der Waals surface area contributed by atoms with Crippen molar-refractivity contribution in [2.24, 2.45) is 0 Å². The van der Waals surface area contributed by atoms with E-state index in [1.165, 1.54) is 6.07 Å². The lowest BCUT2D eigenvalue weighted by atomic mass is 9.84. The van der Waals surface area contributed by atoms with Crippen molar-refractivity contribution in [3.63, 3.8) is 0 Å². The summed E-state index contributed by atoms with van der Waals surface area (Å²) in [7, 11) is 0. The Bertz CT molecular complexity index is 488. The van der Waals surface area contributed by atoms with Gasteiger partial charge in [0.1, 0.15) is 11.4 Å². The molecule has 2 unspecified atom stereocenters. The van der Waals surface area contributed by atoms with Gasteiger partial charge in [0, 0.05) is 5.56 Å². The minimum absolute atomic E-state index is 0.293. The van der Waals surface area contributed by atoms with Crippen LogP contribution in [0.2, 0.25) is 0 Å². The molecule has 2 rings (SSSR count). The Morgan fingerprint density at radius 1 is 1.37 bits per heavy atom. The fraction of sp³-hybridized carbons (Fsp3) is 0.533. The summed E-state index contributed by atoms with van der Waals surface area (Å²) in [5, 5.41) is 0. The molecule has 1 aromatic carbocycles. The summed E-state index contributed by atoms with van der Waals surface area (Å²) in [5.41, 5.74) is -1.56. The zero-order valence-corrected chi connectivity index (χ0v) is 11.5. The first kappa shape index (κ1) is 14.0. The van der Waals surface area contributed by atoms with Crippen molar-refractivity contribution < 1.29 is 18.7 Å². The maximum absolute atomic E-state index is 13.9. The second-order valence-electron chi connectivity index (χ2n) is 4.91. The van der Waals surface area contributed by atoms with Gasteiger partial charge in [0.05, 0.1) is 6.61 Å². The highest BCUT2D eigenvalue weighted by atomic mass is 19.1. The predicted molar refractivity (Wildman–Crippen MR) is 69.1 cm³/mol. The number of esters is 1. The molecule has 1 fully saturated rings. The summed E-state index contributed by atoms with van der Waals surface area (Å²) in [6, 6.07) is 6.40. The van der Waals surface area contributed by atoms with Gasteiger partial charge in [0.25, 0.3) is 0 Å². The number of ether oxygens (including phenoxy) is 2. The molecular weight excluding hydrogens is 247 g/mol. The van der Waals surface area contributed by atoms with E-state index in [9.17, 15) is 9.18 Å². The summed E-state index contributed by atoms with van der Waals surface area (Å²) < 4.78 is 24.7. The maximum Gasteiger partial charge on any atom is 0.341 e. The van der Waals surface area contributed by atoms with Crippen molar-refractivity contribution in [3.05, 3.63) is 35.6 Å². The number of halogens is 1. The van der Waals surface area contributed by atoms with Crippen LogP contribution in [0.25, 0.3) is 0 Å². The number of carbonyl (C=O) groups excluding carboxylic acids is 1.